The van der Waals surface area contributed by atoms with Crippen LogP contribution in [-0.4, -0.2) is 23.3 Å². The summed E-state index contributed by atoms with van der Waals surface area (Å²) in [6, 6.07) is 20.8. The van der Waals surface area contributed by atoms with E-state index in [0.717, 1.165) is 23.1 Å². The number of unbranched alkanes of at least 4 members (excludes halogenated alkanes) is 1. The Kier molecular flexibility index (Phi) is 5.30. The van der Waals surface area contributed by atoms with Gasteiger partial charge in [-0.2, -0.15) is 0 Å². The fourth-order valence-corrected chi connectivity index (χ4v) is 5.84. The van der Waals surface area contributed by atoms with Gasteiger partial charge in [0, 0.05) is 12.1 Å². The molecule has 2 aliphatic rings. The molecule has 1 atom stereocenters. The maximum atomic E-state index is 14.7. The average Bonchev–Trinajstić information content (AvgIpc) is 3.29. The molecule has 6 nitrogen and oxygen atoms in total. The molecule has 1 unspecified atom stereocenters. The van der Waals surface area contributed by atoms with E-state index in [-0.39, 0.29) is 22.7 Å². The molecule has 3 aromatic carbocycles. The predicted octanol–water partition coefficient (Wildman–Crippen LogP) is 5.46. The lowest BCUT2D eigenvalue weighted by molar-refractivity contribution is -0.126. The molecule has 37 heavy (non-hydrogen) atoms. The third kappa shape index (κ3) is 3.14. The number of amides is 2. The van der Waals surface area contributed by atoms with Crippen LogP contribution in [0.2, 0.25) is 0 Å². The van der Waals surface area contributed by atoms with Gasteiger partial charge >= 0.3 is 0 Å². The van der Waals surface area contributed by atoms with E-state index in [2.05, 4.69) is 0 Å². The van der Waals surface area contributed by atoms with Crippen LogP contribution in [-0.2, 0) is 16.9 Å². The SMILES string of the molecule is CCCCN1C(=O)c2oc3ccc(C)cc3c(=O)c2C12C(=O)N(Cc1ccccc1C)c1ccccc12. The van der Waals surface area contributed by atoms with Gasteiger partial charge in [-0.1, -0.05) is 67.4 Å². The summed E-state index contributed by atoms with van der Waals surface area (Å²) in [5.74, 6) is -0.735. The van der Waals surface area contributed by atoms with Crippen LogP contribution in [0.3, 0.4) is 0 Å². The number of hydrogen-bond acceptors (Lipinski definition) is 4. The highest BCUT2D eigenvalue weighted by molar-refractivity contribution is 6.17. The summed E-state index contributed by atoms with van der Waals surface area (Å²) in [6.07, 6.45) is 1.53. The first kappa shape index (κ1) is 23.2. The fourth-order valence-electron chi connectivity index (χ4n) is 5.84. The number of carbonyl (C=O) groups is 2. The molecule has 0 saturated heterocycles. The van der Waals surface area contributed by atoms with E-state index in [1.807, 2.05) is 75.4 Å². The number of benzene rings is 3. The van der Waals surface area contributed by atoms with Gasteiger partial charge in [0.2, 0.25) is 5.76 Å². The lowest BCUT2D eigenvalue weighted by atomic mass is 9.83. The molecule has 1 spiro atoms. The molecule has 0 radical (unpaired) electrons. The van der Waals surface area contributed by atoms with Crippen molar-refractivity contribution in [3.63, 3.8) is 0 Å². The maximum absolute atomic E-state index is 14.7. The summed E-state index contributed by atoms with van der Waals surface area (Å²) < 4.78 is 6.12. The summed E-state index contributed by atoms with van der Waals surface area (Å²) in [5, 5.41) is 0.380. The van der Waals surface area contributed by atoms with Crippen molar-refractivity contribution in [3.8, 4) is 0 Å². The second kappa shape index (κ2) is 8.44. The van der Waals surface area contributed by atoms with Crippen molar-refractivity contribution in [2.75, 3.05) is 11.4 Å². The Balaban J connectivity index is 1.66. The summed E-state index contributed by atoms with van der Waals surface area (Å²) in [7, 11) is 0. The van der Waals surface area contributed by atoms with Gasteiger partial charge in [0.05, 0.1) is 23.2 Å². The number of para-hydroxylation sites is 1. The van der Waals surface area contributed by atoms with Gasteiger partial charge in [0.25, 0.3) is 11.8 Å². The Morgan fingerprint density at radius 3 is 2.46 bits per heavy atom. The molecule has 1 aromatic heterocycles. The standard InChI is InChI=1S/C31H28N2O4/c1-4-5-16-33-29(35)28-26(27(34)22-17-19(2)14-15-25(22)37-28)31(33)23-12-8-9-13-24(23)32(30(31)36)18-21-11-7-6-10-20(21)3/h6-15,17H,4-5,16,18H2,1-3H3. The zero-order valence-electron chi connectivity index (χ0n) is 21.2. The lowest BCUT2D eigenvalue weighted by Crippen LogP contribution is -2.53. The average molecular weight is 493 g/mol. The van der Waals surface area contributed by atoms with Crippen LogP contribution in [0.4, 0.5) is 5.69 Å². The zero-order chi connectivity index (χ0) is 25.9. The highest BCUT2D eigenvalue weighted by Gasteiger charge is 2.64. The van der Waals surface area contributed by atoms with Crippen LogP contribution in [0.25, 0.3) is 11.0 Å². The molecule has 0 fully saturated rings. The number of nitrogens with zero attached hydrogens (tertiary/aromatic N) is 2. The van der Waals surface area contributed by atoms with Crippen molar-refractivity contribution in [1.29, 1.82) is 0 Å². The molecule has 2 amide bonds. The number of anilines is 1. The summed E-state index contributed by atoms with van der Waals surface area (Å²) >= 11 is 0. The smallest absolute Gasteiger partial charge is 0.291 e. The highest BCUT2D eigenvalue weighted by atomic mass is 16.3. The molecule has 6 heteroatoms. The molecule has 6 rings (SSSR count). The van der Waals surface area contributed by atoms with E-state index in [4.69, 9.17) is 4.42 Å². The minimum absolute atomic E-state index is 0.0293. The van der Waals surface area contributed by atoms with Crippen molar-refractivity contribution in [1.82, 2.24) is 4.90 Å². The molecule has 0 N–H and O–H groups in total. The normalized spacial score (nSPS) is 18.2. The van der Waals surface area contributed by atoms with Gasteiger partial charge in [0.1, 0.15) is 5.58 Å². The number of aryl methyl sites for hydroxylation is 2. The molecule has 186 valence electrons. The van der Waals surface area contributed by atoms with Crippen LogP contribution >= 0.6 is 0 Å². The monoisotopic (exact) mass is 492 g/mol. The molecule has 2 aliphatic heterocycles. The molecular weight excluding hydrogens is 464 g/mol. The predicted molar refractivity (Wildman–Crippen MR) is 143 cm³/mol. The van der Waals surface area contributed by atoms with E-state index in [1.54, 1.807) is 21.9 Å². The quantitative estimate of drug-likeness (QED) is 0.371. The first-order valence-electron chi connectivity index (χ1n) is 12.8. The molecule has 4 aromatic rings. The third-order valence-corrected chi connectivity index (χ3v) is 7.72. The Bertz CT molecular complexity index is 1650. The molecule has 3 heterocycles. The van der Waals surface area contributed by atoms with Crippen LogP contribution in [0, 0.1) is 13.8 Å². The van der Waals surface area contributed by atoms with E-state index in [0.29, 0.717) is 41.7 Å². The highest BCUT2D eigenvalue weighted by Crippen LogP contribution is 2.53. The van der Waals surface area contributed by atoms with E-state index < -0.39 is 11.4 Å². The van der Waals surface area contributed by atoms with Gasteiger partial charge in [-0.25, -0.2) is 0 Å². The molecule has 0 saturated carbocycles. The largest absolute Gasteiger partial charge is 0.450 e. The topological polar surface area (TPSA) is 70.8 Å². The van der Waals surface area contributed by atoms with Crippen molar-refractivity contribution in [3.05, 3.63) is 111 Å². The minimum atomic E-state index is -1.56. The number of hydrogen-bond donors (Lipinski definition) is 0. The van der Waals surface area contributed by atoms with Gasteiger partial charge in [-0.15, -0.1) is 0 Å². The number of fused-ring (bicyclic) bond motifs is 5. The van der Waals surface area contributed by atoms with Crippen LogP contribution in [0.1, 0.15) is 58.1 Å². The Hall–Kier alpha value is -4.19. The van der Waals surface area contributed by atoms with Crippen molar-refractivity contribution in [2.24, 2.45) is 0 Å². The molecular formula is C31H28N2O4. The van der Waals surface area contributed by atoms with Gasteiger partial charge in [-0.05, 0) is 49.6 Å². The second-order valence-electron chi connectivity index (χ2n) is 9.99. The molecule has 0 bridgehead atoms. The summed E-state index contributed by atoms with van der Waals surface area (Å²) in [4.78, 5) is 46.1. The van der Waals surface area contributed by atoms with Crippen molar-refractivity contribution in [2.45, 2.75) is 45.7 Å². The molecule has 0 aliphatic carbocycles. The lowest BCUT2D eigenvalue weighted by Gasteiger charge is -2.34. The Morgan fingerprint density at radius 1 is 0.919 bits per heavy atom. The summed E-state index contributed by atoms with van der Waals surface area (Å²) in [5.41, 5.74) is 2.95. The summed E-state index contributed by atoms with van der Waals surface area (Å²) in [6.45, 7) is 6.64. The van der Waals surface area contributed by atoms with E-state index in [1.165, 1.54) is 0 Å². The Labute approximate surface area is 215 Å². The minimum Gasteiger partial charge on any atom is -0.450 e. The number of carbonyl (C=O) groups excluding carboxylic acids is 2. The van der Waals surface area contributed by atoms with Crippen molar-refractivity contribution < 1.29 is 14.0 Å². The second-order valence-corrected chi connectivity index (χ2v) is 9.99. The van der Waals surface area contributed by atoms with E-state index in [9.17, 15) is 14.4 Å². The van der Waals surface area contributed by atoms with E-state index >= 15 is 0 Å². The fraction of sp³-hybridized carbons (Fsp3) is 0.258. The van der Waals surface area contributed by atoms with Crippen molar-refractivity contribution >= 4 is 28.5 Å². The zero-order valence-corrected chi connectivity index (χ0v) is 21.2. The van der Waals surface area contributed by atoms with Crippen LogP contribution < -0.4 is 10.3 Å². The number of rotatable bonds is 5. The van der Waals surface area contributed by atoms with Gasteiger partial charge < -0.3 is 14.2 Å². The first-order valence-corrected chi connectivity index (χ1v) is 12.8. The third-order valence-electron chi connectivity index (χ3n) is 7.72. The van der Waals surface area contributed by atoms with Crippen LogP contribution in [0.15, 0.2) is 75.9 Å². The van der Waals surface area contributed by atoms with Gasteiger partial charge in [-0.3, -0.25) is 14.4 Å². The maximum Gasteiger partial charge on any atom is 0.291 e. The van der Waals surface area contributed by atoms with Gasteiger partial charge in [0.15, 0.2) is 11.0 Å². The van der Waals surface area contributed by atoms with Crippen LogP contribution in [0.5, 0.6) is 0 Å². The first-order chi connectivity index (χ1) is 17.9. The Morgan fingerprint density at radius 2 is 1.68 bits per heavy atom.